The number of phenols is 1. The minimum atomic E-state index is -0.497. The molecular weight excluding hydrogens is 258 g/mol. The SMILES string of the molecule is CC(C)COC(C)ONC(=O)/C=C/c1ccc(O)cc1. The molecule has 5 heteroatoms. The highest BCUT2D eigenvalue weighted by atomic mass is 16.8. The van der Waals surface area contributed by atoms with Gasteiger partial charge in [-0.05, 0) is 36.6 Å². The zero-order valence-electron chi connectivity index (χ0n) is 12.0. The van der Waals surface area contributed by atoms with Crippen molar-refractivity contribution in [3.63, 3.8) is 0 Å². The predicted octanol–water partition coefficient (Wildman–Crippen LogP) is 2.47. The highest BCUT2D eigenvalue weighted by molar-refractivity contribution is 5.90. The molecule has 0 heterocycles. The summed E-state index contributed by atoms with van der Waals surface area (Å²) in [6.45, 7) is 6.35. The summed E-state index contributed by atoms with van der Waals surface area (Å²) in [5.41, 5.74) is 3.10. The van der Waals surface area contributed by atoms with Crippen LogP contribution < -0.4 is 5.48 Å². The number of hydroxylamine groups is 1. The summed E-state index contributed by atoms with van der Waals surface area (Å²) in [6.07, 6.45) is 2.47. The second-order valence-electron chi connectivity index (χ2n) is 4.80. The van der Waals surface area contributed by atoms with E-state index in [0.717, 1.165) is 5.56 Å². The van der Waals surface area contributed by atoms with E-state index in [1.54, 1.807) is 37.3 Å². The Balaban J connectivity index is 2.31. The Morgan fingerprint density at radius 1 is 1.30 bits per heavy atom. The smallest absolute Gasteiger partial charge is 0.267 e. The van der Waals surface area contributed by atoms with Gasteiger partial charge >= 0.3 is 0 Å². The lowest BCUT2D eigenvalue weighted by molar-refractivity contribution is -0.180. The van der Waals surface area contributed by atoms with Crippen LogP contribution in [0.3, 0.4) is 0 Å². The van der Waals surface area contributed by atoms with Gasteiger partial charge in [-0.25, -0.2) is 10.3 Å². The van der Waals surface area contributed by atoms with Crippen LogP contribution in [0.2, 0.25) is 0 Å². The summed E-state index contributed by atoms with van der Waals surface area (Å²) in [4.78, 5) is 16.5. The first kappa shape index (κ1) is 16.2. The molecule has 1 rings (SSSR count). The van der Waals surface area contributed by atoms with E-state index in [1.807, 2.05) is 13.8 Å². The van der Waals surface area contributed by atoms with Crippen LogP contribution in [-0.4, -0.2) is 23.9 Å². The molecule has 0 fully saturated rings. The fraction of sp³-hybridized carbons (Fsp3) is 0.400. The maximum absolute atomic E-state index is 11.5. The molecule has 5 nitrogen and oxygen atoms in total. The third-order valence-corrected chi connectivity index (χ3v) is 2.31. The van der Waals surface area contributed by atoms with Gasteiger partial charge in [-0.1, -0.05) is 26.0 Å². The van der Waals surface area contributed by atoms with E-state index in [1.165, 1.54) is 6.08 Å². The molecule has 1 aromatic rings. The molecule has 0 aliphatic rings. The van der Waals surface area contributed by atoms with Gasteiger partial charge in [-0.15, -0.1) is 0 Å². The van der Waals surface area contributed by atoms with Gasteiger partial charge in [0.25, 0.3) is 5.91 Å². The van der Waals surface area contributed by atoms with Gasteiger partial charge in [-0.3, -0.25) is 4.79 Å². The van der Waals surface area contributed by atoms with Crippen LogP contribution in [0.1, 0.15) is 26.3 Å². The molecule has 0 aliphatic carbocycles. The Bertz CT molecular complexity index is 440. The van der Waals surface area contributed by atoms with E-state index in [4.69, 9.17) is 14.7 Å². The maximum Gasteiger partial charge on any atom is 0.267 e. The average molecular weight is 279 g/mol. The van der Waals surface area contributed by atoms with Crippen LogP contribution in [0, 0.1) is 5.92 Å². The van der Waals surface area contributed by atoms with Crippen LogP contribution in [-0.2, 0) is 14.4 Å². The molecule has 1 aromatic carbocycles. The Morgan fingerprint density at radius 2 is 1.95 bits per heavy atom. The third-order valence-electron chi connectivity index (χ3n) is 2.31. The topological polar surface area (TPSA) is 67.8 Å². The van der Waals surface area contributed by atoms with Gasteiger partial charge in [0.2, 0.25) is 0 Å². The Hall–Kier alpha value is -1.85. The average Bonchev–Trinajstić information content (AvgIpc) is 2.42. The van der Waals surface area contributed by atoms with Crippen molar-refractivity contribution < 1.29 is 19.5 Å². The maximum atomic E-state index is 11.5. The summed E-state index contributed by atoms with van der Waals surface area (Å²) in [5, 5.41) is 9.13. The number of carbonyl (C=O) groups is 1. The zero-order valence-corrected chi connectivity index (χ0v) is 12.0. The lowest BCUT2D eigenvalue weighted by Gasteiger charge is -2.14. The summed E-state index contributed by atoms with van der Waals surface area (Å²) in [5.74, 6) is 0.218. The second kappa shape index (κ2) is 8.35. The molecule has 0 aromatic heterocycles. The fourth-order valence-corrected chi connectivity index (χ4v) is 1.29. The van der Waals surface area contributed by atoms with Gasteiger partial charge in [0, 0.05) is 6.08 Å². The molecule has 0 spiro atoms. The number of ether oxygens (including phenoxy) is 1. The van der Waals surface area contributed by atoms with Crippen molar-refractivity contribution in [1.29, 1.82) is 0 Å². The fourth-order valence-electron chi connectivity index (χ4n) is 1.29. The summed E-state index contributed by atoms with van der Waals surface area (Å²) in [6, 6.07) is 6.51. The van der Waals surface area contributed by atoms with Gasteiger partial charge < -0.3 is 9.84 Å². The second-order valence-corrected chi connectivity index (χ2v) is 4.80. The van der Waals surface area contributed by atoms with E-state index in [0.29, 0.717) is 12.5 Å². The Labute approximate surface area is 119 Å². The number of hydrogen-bond acceptors (Lipinski definition) is 4. The lowest BCUT2D eigenvalue weighted by atomic mass is 10.2. The number of hydrogen-bond donors (Lipinski definition) is 2. The molecule has 0 saturated heterocycles. The number of carbonyl (C=O) groups excluding carboxylic acids is 1. The van der Waals surface area contributed by atoms with Gasteiger partial charge in [-0.2, -0.15) is 0 Å². The van der Waals surface area contributed by atoms with Crippen molar-refractivity contribution in [1.82, 2.24) is 5.48 Å². The van der Waals surface area contributed by atoms with Crippen molar-refractivity contribution in [2.24, 2.45) is 5.92 Å². The predicted molar refractivity (Wildman–Crippen MR) is 76.6 cm³/mol. The Morgan fingerprint density at radius 3 is 2.55 bits per heavy atom. The van der Waals surface area contributed by atoms with Crippen molar-refractivity contribution in [3.05, 3.63) is 35.9 Å². The van der Waals surface area contributed by atoms with E-state index < -0.39 is 6.29 Å². The first-order chi connectivity index (χ1) is 9.47. The largest absolute Gasteiger partial charge is 0.508 e. The number of nitrogens with one attached hydrogen (secondary N) is 1. The number of aromatic hydroxyl groups is 1. The Kier molecular flexibility index (Phi) is 6.76. The van der Waals surface area contributed by atoms with Gasteiger partial charge in [0.05, 0.1) is 6.61 Å². The molecule has 1 atom stereocenters. The number of benzene rings is 1. The molecule has 110 valence electrons. The highest BCUT2D eigenvalue weighted by Crippen LogP contribution is 2.10. The van der Waals surface area contributed by atoms with Crippen molar-refractivity contribution >= 4 is 12.0 Å². The number of rotatable bonds is 7. The van der Waals surface area contributed by atoms with Gasteiger partial charge in [0.15, 0.2) is 6.29 Å². The monoisotopic (exact) mass is 279 g/mol. The minimum Gasteiger partial charge on any atom is -0.508 e. The summed E-state index contributed by atoms with van der Waals surface area (Å²) >= 11 is 0. The van der Waals surface area contributed by atoms with Crippen molar-refractivity contribution in [2.45, 2.75) is 27.1 Å². The molecule has 2 N–H and O–H groups in total. The van der Waals surface area contributed by atoms with Crippen molar-refractivity contribution in [2.75, 3.05) is 6.61 Å². The number of phenolic OH excluding ortho intramolecular Hbond substituents is 1. The molecule has 0 bridgehead atoms. The molecule has 1 amide bonds. The van der Waals surface area contributed by atoms with Crippen molar-refractivity contribution in [3.8, 4) is 5.75 Å². The molecule has 20 heavy (non-hydrogen) atoms. The first-order valence-corrected chi connectivity index (χ1v) is 6.51. The summed E-state index contributed by atoms with van der Waals surface area (Å²) in [7, 11) is 0. The first-order valence-electron chi connectivity index (χ1n) is 6.51. The van der Waals surface area contributed by atoms with Crippen LogP contribution >= 0.6 is 0 Å². The van der Waals surface area contributed by atoms with E-state index >= 15 is 0 Å². The molecule has 0 radical (unpaired) electrons. The summed E-state index contributed by atoms with van der Waals surface area (Å²) < 4.78 is 5.34. The quantitative estimate of drug-likeness (QED) is 0.457. The van der Waals surface area contributed by atoms with Crippen LogP contribution in [0.4, 0.5) is 0 Å². The molecule has 1 unspecified atom stereocenters. The molecule has 0 aliphatic heterocycles. The number of amides is 1. The minimum absolute atomic E-state index is 0.186. The normalized spacial score (nSPS) is 12.8. The van der Waals surface area contributed by atoms with Crippen LogP contribution in [0.15, 0.2) is 30.3 Å². The van der Waals surface area contributed by atoms with Gasteiger partial charge in [0.1, 0.15) is 5.75 Å². The highest BCUT2D eigenvalue weighted by Gasteiger charge is 2.05. The van der Waals surface area contributed by atoms with E-state index in [9.17, 15) is 4.79 Å². The third kappa shape index (κ3) is 6.92. The zero-order chi connectivity index (χ0) is 15.0. The molecular formula is C15H21NO4. The van der Waals surface area contributed by atoms with Crippen LogP contribution in [0.25, 0.3) is 6.08 Å². The van der Waals surface area contributed by atoms with E-state index in [2.05, 4.69) is 5.48 Å². The molecule has 0 saturated carbocycles. The van der Waals surface area contributed by atoms with E-state index in [-0.39, 0.29) is 11.7 Å². The lowest BCUT2D eigenvalue weighted by Crippen LogP contribution is -2.29. The standard InChI is InChI=1S/C15H21NO4/c1-11(2)10-19-12(3)20-16-15(18)9-6-13-4-7-14(17)8-5-13/h4-9,11-12,17H,10H2,1-3H3,(H,16,18)/b9-6+. The van der Waals surface area contributed by atoms with Crippen LogP contribution in [0.5, 0.6) is 5.75 Å².